The normalized spacial score (nSPS) is 14.8. The number of aliphatic hydroxyl groups excluding tert-OH is 3. The minimum atomic E-state index is -1.73. The van der Waals surface area contributed by atoms with E-state index < -0.39 is 29.9 Å². The Hall–Kier alpha value is -0.780. The molecule has 5 heteroatoms. The third-order valence-corrected chi connectivity index (χ3v) is 4.92. The fraction of sp³-hybridized carbons (Fsp3) is 0.905. The maximum absolute atomic E-state index is 11.8. The molecule has 0 amide bonds. The van der Waals surface area contributed by atoms with Gasteiger partial charge in [0.1, 0.15) is 18.3 Å². The second-order valence-corrected chi connectivity index (χ2v) is 7.45. The van der Waals surface area contributed by atoms with Gasteiger partial charge in [-0.15, -0.1) is 0 Å². The highest BCUT2D eigenvalue weighted by atomic mass is 16.4. The SMILES string of the molecule is CCCCCCCCCCCCCCCC(=O)C(O)C(O)C(O)C(C)=O. The van der Waals surface area contributed by atoms with E-state index in [0.717, 1.165) is 26.2 Å². The van der Waals surface area contributed by atoms with Gasteiger partial charge in [0.2, 0.25) is 0 Å². The molecule has 154 valence electrons. The number of carbonyl (C=O) groups is 2. The quantitative estimate of drug-likeness (QED) is 0.319. The van der Waals surface area contributed by atoms with Crippen LogP contribution in [0.3, 0.4) is 0 Å². The number of ketones is 2. The van der Waals surface area contributed by atoms with Crippen LogP contribution in [-0.4, -0.2) is 45.2 Å². The maximum atomic E-state index is 11.8. The lowest BCUT2D eigenvalue weighted by Crippen LogP contribution is -2.45. The van der Waals surface area contributed by atoms with E-state index in [2.05, 4.69) is 6.92 Å². The molecule has 3 atom stereocenters. The molecule has 0 spiro atoms. The van der Waals surface area contributed by atoms with Crippen LogP contribution < -0.4 is 0 Å². The Kier molecular flexibility index (Phi) is 15.9. The van der Waals surface area contributed by atoms with Gasteiger partial charge in [0, 0.05) is 6.42 Å². The second kappa shape index (κ2) is 16.4. The van der Waals surface area contributed by atoms with Crippen molar-refractivity contribution in [2.24, 2.45) is 0 Å². The maximum Gasteiger partial charge on any atom is 0.164 e. The smallest absolute Gasteiger partial charge is 0.164 e. The van der Waals surface area contributed by atoms with Crippen molar-refractivity contribution in [3.8, 4) is 0 Å². The standard InChI is InChI=1S/C21H40O5/c1-3-4-5-6-7-8-9-10-11-12-13-14-15-16-18(23)20(25)21(26)19(24)17(2)22/h19-21,24-26H,3-16H2,1-2H3. The van der Waals surface area contributed by atoms with E-state index in [-0.39, 0.29) is 6.42 Å². The Balaban J connectivity index is 3.52. The van der Waals surface area contributed by atoms with E-state index in [0.29, 0.717) is 6.42 Å². The molecule has 0 saturated heterocycles. The van der Waals surface area contributed by atoms with Gasteiger partial charge in [-0.25, -0.2) is 0 Å². The molecular formula is C21H40O5. The molecule has 0 rings (SSSR count). The van der Waals surface area contributed by atoms with Crippen molar-refractivity contribution in [3.63, 3.8) is 0 Å². The predicted octanol–water partition coefficient (Wildman–Crippen LogP) is 3.71. The molecule has 0 aromatic heterocycles. The number of carbonyl (C=O) groups excluding carboxylic acids is 2. The summed E-state index contributed by atoms with van der Waals surface area (Å²) in [5.74, 6) is -1.17. The van der Waals surface area contributed by atoms with Crippen LogP contribution in [0.1, 0.15) is 104 Å². The van der Waals surface area contributed by atoms with E-state index in [4.69, 9.17) is 0 Å². The summed E-state index contributed by atoms with van der Waals surface area (Å²) in [6.07, 6.45) is 10.8. The minimum absolute atomic E-state index is 0.167. The van der Waals surface area contributed by atoms with Gasteiger partial charge in [-0.3, -0.25) is 9.59 Å². The van der Waals surface area contributed by atoms with Gasteiger partial charge in [0.25, 0.3) is 0 Å². The lowest BCUT2D eigenvalue weighted by Gasteiger charge is -2.20. The van der Waals surface area contributed by atoms with Crippen molar-refractivity contribution in [3.05, 3.63) is 0 Å². The van der Waals surface area contributed by atoms with Crippen LogP contribution in [-0.2, 0) is 9.59 Å². The lowest BCUT2D eigenvalue weighted by atomic mass is 9.98. The first kappa shape index (κ1) is 25.2. The monoisotopic (exact) mass is 372 g/mol. The first-order valence-electron chi connectivity index (χ1n) is 10.5. The largest absolute Gasteiger partial charge is 0.387 e. The molecule has 0 aromatic carbocycles. The van der Waals surface area contributed by atoms with Gasteiger partial charge in [0.05, 0.1) is 0 Å². The van der Waals surface area contributed by atoms with Crippen LogP contribution in [0.2, 0.25) is 0 Å². The zero-order chi connectivity index (χ0) is 19.8. The molecule has 3 unspecified atom stereocenters. The summed E-state index contributed by atoms with van der Waals surface area (Å²) < 4.78 is 0. The first-order chi connectivity index (χ1) is 12.4. The van der Waals surface area contributed by atoms with Crippen molar-refractivity contribution in [1.29, 1.82) is 0 Å². The van der Waals surface area contributed by atoms with Crippen LogP contribution in [0, 0.1) is 0 Å². The van der Waals surface area contributed by atoms with Gasteiger partial charge in [0.15, 0.2) is 11.6 Å². The summed E-state index contributed by atoms with van der Waals surface area (Å²) in [6.45, 7) is 3.35. The number of hydrogen-bond acceptors (Lipinski definition) is 5. The third kappa shape index (κ3) is 12.6. The highest BCUT2D eigenvalue weighted by Crippen LogP contribution is 2.14. The molecule has 0 aliphatic carbocycles. The molecule has 0 saturated carbocycles. The first-order valence-corrected chi connectivity index (χ1v) is 10.5. The van der Waals surface area contributed by atoms with Crippen molar-refractivity contribution >= 4 is 11.6 Å². The molecule has 0 bridgehead atoms. The van der Waals surface area contributed by atoms with Gasteiger partial charge in [-0.2, -0.15) is 0 Å². The van der Waals surface area contributed by atoms with Crippen LogP contribution in [0.4, 0.5) is 0 Å². The number of Topliss-reactive ketones (excluding diaryl/α,β-unsaturated/α-hetero) is 2. The van der Waals surface area contributed by atoms with E-state index in [1.165, 1.54) is 57.8 Å². The Morgan fingerprint density at radius 3 is 1.42 bits per heavy atom. The fourth-order valence-corrected chi connectivity index (χ4v) is 3.07. The van der Waals surface area contributed by atoms with Gasteiger partial charge >= 0.3 is 0 Å². The van der Waals surface area contributed by atoms with Gasteiger partial charge in [-0.05, 0) is 13.3 Å². The van der Waals surface area contributed by atoms with Crippen molar-refractivity contribution < 1.29 is 24.9 Å². The zero-order valence-corrected chi connectivity index (χ0v) is 16.8. The minimum Gasteiger partial charge on any atom is -0.387 e. The molecule has 0 fully saturated rings. The van der Waals surface area contributed by atoms with E-state index in [9.17, 15) is 24.9 Å². The van der Waals surface area contributed by atoms with Crippen molar-refractivity contribution in [1.82, 2.24) is 0 Å². The molecule has 0 heterocycles. The number of unbranched alkanes of at least 4 members (excludes halogenated alkanes) is 12. The Morgan fingerprint density at radius 1 is 0.654 bits per heavy atom. The molecule has 5 nitrogen and oxygen atoms in total. The van der Waals surface area contributed by atoms with Crippen LogP contribution in [0.25, 0.3) is 0 Å². The summed E-state index contributed by atoms with van der Waals surface area (Å²) in [7, 11) is 0. The topological polar surface area (TPSA) is 94.8 Å². The highest BCUT2D eigenvalue weighted by molar-refractivity contribution is 5.86. The average Bonchev–Trinajstić information content (AvgIpc) is 2.63. The summed E-state index contributed by atoms with van der Waals surface area (Å²) in [4.78, 5) is 22.7. The van der Waals surface area contributed by atoms with Crippen LogP contribution in [0.5, 0.6) is 0 Å². The van der Waals surface area contributed by atoms with Crippen molar-refractivity contribution in [2.75, 3.05) is 0 Å². The molecule has 0 aliphatic rings. The summed E-state index contributed by atoms with van der Waals surface area (Å²) in [6, 6.07) is 0. The summed E-state index contributed by atoms with van der Waals surface area (Å²) >= 11 is 0. The molecule has 0 radical (unpaired) electrons. The van der Waals surface area contributed by atoms with Gasteiger partial charge < -0.3 is 15.3 Å². The average molecular weight is 373 g/mol. The Bertz CT molecular complexity index is 369. The Labute approximate surface area is 159 Å². The fourth-order valence-electron chi connectivity index (χ4n) is 3.07. The summed E-state index contributed by atoms with van der Waals surface area (Å²) in [5, 5.41) is 28.7. The molecule has 0 aliphatic heterocycles. The number of aliphatic hydroxyl groups is 3. The van der Waals surface area contributed by atoms with E-state index in [1.54, 1.807) is 0 Å². The molecule has 26 heavy (non-hydrogen) atoms. The van der Waals surface area contributed by atoms with Crippen LogP contribution >= 0.6 is 0 Å². The van der Waals surface area contributed by atoms with E-state index in [1.807, 2.05) is 0 Å². The zero-order valence-electron chi connectivity index (χ0n) is 16.8. The second-order valence-electron chi connectivity index (χ2n) is 7.45. The van der Waals surface area contributed by atoms with E-state index >= 15 is 0 Å². The van der Waals surface area contributed by atoms with Gasteiger partial charge in [-0.1, -0.05) is 84.0 Å². The highest BCUT2D eigenvalue weighted by Gasteiger charge is 2.31. The summed E-state index contributed by atoms with van der Waals surface area (Å²) in [5.41, 5.74) is 0. The van der Waals surface area contributed by atoms with Crippen molar-refractivity contribution in [2.45, 2.75) is 122 Å². The molecule has 3 N–H and O–H groups in total. The Morgan fingerprint density at radius 2 is 1.04 bits per heavy atom. The molecular weight excluding hydrogens is 332 g/mol. The third-order valence-electron chi connectivity index (χ3n) is 4.92. The lowest BCUT2D eigenvalue weighted by molar-refractivity contribution is -0.145. The predicted molar refractivity (Wildman–Crippen MR) is 104 cm³/mol. The van der Waals surface area contributed by atoms with Crippen LogP contribution in [0.15, 0.2) is 0 Å². The molecule has 0 aromatic rings. The number of rotatable bonds is 18. The number of hydrogen-bond donors (Lipinski definition) is 3.